The highest BCUT2D eigenvalue weighted by Crippen LogP contribution is 2.33. The molecule has 1 aromatic rings. The van der Waals surface area contributed by atoms with Gasteiger partial charge >= 0.3 is 5.97 Å². The molecule has 0 atom stereocenters. The van der Waals surface area contributed by atoms with Crippen LogP contribution < -0.4 is 4.90 Å². The molecule has 1 amide bonds. The number of nitrogens with zero attached hydrogens (tertiary/aromatic N) is 2. The van der Waals surface area contributed by atoms with E-state index >= 15 is 0 Å². The van der Waals surface area contributed by atoms with E-state index < -0.39 is 5.97 Å². The van der Waals surface area contributed by atoms with Crippen molar-refractivity contribution in [3.8, 4) is 0 Å². The fourth-order valence-electron chi connectivity index (χ4n) is 2.92. The van der Waals surface area contributed by atoms with Gasteiger partial charge < -0.3 is 19.2 Å². The van der Waals surface area contributed by atoms with E-state index in [-0.39, 0.29) is 12.3 Å². The molecule has 2 saturated heterocycles. The maximum atomic E-state index is 12.6. The molecule has 0 bridgehead atoms. The van der Waals surface area contributed by atoms with Gasteiger partial charge in [0, 0.05) is 38.2 Å². The number of furan rings is 1. The summed E-state index contributed by atoms with van der Waals surface area (Å²) in [5, 5.41) is 8.65. The van der Waals surface area contributed by atoms with Gasteiger partial charge in [0.05, 0.1) is 18.1 Å². The summed E-state index contributed by atoms with van der Waals surface area (Å²) in [6.45, 7) is 3.45. The minimum atomic E-state index is -0.793. The Morgan fingerprint density at radius 3 is 2.78 bits per heavy atom. The number of morpholine rings is 1. The van der Waals surface area contributed by atoms with Crippen LogP contribution in [0.25, 0.3) is 6.08 Å². The second kappa shape index (κ2) is 9.38. The van der Waals surface area contributed by atoms with Gasteiger partial charge in [-0.05, 0) is 18.9 Å². The molecule has 1 N–H and O–H groups in total. The van der Waals surface area contributed by atoms with E-state index in [2.05, 4.69) is 4.90 Å². The Hall–Kier alpha value is -1.84. The third-order valence-corrected chi connectivity index (χ3v) is 5.73. The van der Waals surface area contributed by atoms with E-state index in [1.807, 2.05) is 12.1 Å². The number of carboxylic acids is 1. The summed E-state index contributed by atoms with van der Waals surface area (Å²) in [5.74, 6) is 0.489. The molecule has 3 rings (SSSR count). The predicted molar refractivity (Wildman–Crippen MR) is 108 cm³/mol. The predicted octanol–water partition coefficient (Wildman–Crippen LogP) is 2.96. The van der Waals surface area contributed by atoms with Gasteiger partial charge in [-0.2, -0.15) is 0 Å². The minimum Gasteiger partial charge on any atom is -0.481 e. The first-order valence-corrected chi connectivity index (χ1v) is 10.2. The molecule has 3 heterocycles. The van der Waals surface area contributed by atoms with Gasteiger partial charge in [0.1, 0.15) is 10.1 Å². The molecule has 2 aliphatic heterocycles. The van der Waals surface area contributed by atoms with Crippen molar-refractivity contribution in [3.63, 3.8) is 0 Å². The van der Waals surface area contributed by atoms with Gasteiger partial charge in [-0.1, -0.05) is 30.4 Å². The summed E-state index contributed by atoms with van der Waals surface area (Å²) in [6.07, 6.45) is 3.98. The van der Waals surface area contributed by atoms with Crippen LogP contribution in [0.5, 0.6) is 0 Å². The van der Waals surface area contributed by atoms with E-state index in [9.17, 15) is 9.59 Å². The van der Waals surface area contributed by atoms with Gasteiger partial charge in [-0.25, -0.2) is 0 Å². The summed E-state index contributed by atoms with van der Waals surface area (Å²) in [4.78, 5) is 27.4. The zero-order valence-electron chi connectivity index (χ0n) is 14.9. The molecule has 27 heavy (non-hydrogen) atoms. The van der Waals surface area contributed by atoms with Crippen LogP contribution in [0.2, 0.25) is 0 Å². The summed E-state index contributed by atoms with van der Waals surface area (Å²) in [5.41, 5.74) is 0. The van der Waals surface area contributed by atoms with Crippen LogP contribution in [0.4, 0.5) is 5.88 Å². The highest BCUT2D eigenvalue weighted by molar-refractivity contribution is 8.26. The number of aliphatic carboxylic acids is 1. The number of ether oxygens (including phenoxy) is 1. The molecule has 1 aromatic heterocycles. The number of thioether (sulfide) groups is 1. The quantitative estimate of drug-likeness (QED) is 0.398. The number of anilines is 1. The molecule has 0 unspecified atom stereocenters. The van der Waals surface area contributed by atoms with Crippen molar-refractivity contribution in [3.05, 3.63) is 22.8 Å². The van der Waals surface area contributed by atoms with Crippen molar-refractivity contribution in [2.24, 2.45) is 0 Å². The fourth-order valence-corrected chi connectivity index (χ4v) is 4.21. The molecule has 0 saturated carbocycles. The fraction of sp³-hybridized carbons (Fsp3) is 0.500. The van der Waals surface area contributed by atoms with Crippen molar-refractivity contribution < 1.29 is 23.8 Å². The van der Waals surface area contributed by atoms with Crippen molar-refractivity contribution >= 4 is 52.1 Å². The van der Waals surface area contributed by atoms with Crippen LogP contribution in [0.15, 0.2) is 21.5 Å². The van der Waals surface area contributed by atoms with Crippen LogP contribution >= 0.6 is 24.0 Å². The molecule has 9 heteroatoms. The first-order chi connectivity index (χ1) is 13.0. The number of hydrogen-bond acceptors (Lipinski definition) is 7. The zero-order valence-corrected chi connectivity index (χ0v) is 16.5. The lowest BCUT2D eigenvalue weighted by atomic mass is 10.2. The lowest BCUT2D eigenvalue weighted by Crippen LogP contribution is -2.35. The van der Waals surface area contributed by atoms with Crippen LogP contribution in [0.1, 0.15) is 31.4 Å². The average Bonchev–Trinajstić information content (AvgIpc) is 3.22. The minimum absolute atomic E-state index is 0.118. The molecule has 2 aliphatic rings. The lowest BCUT2D eigenvalue weighted by molar-refractivity contribution is -0.137. The van der Waals surface area contributed by atoms with Crippen molar-refractivity contribution in [1.82, 2.24) is 4.90 Å². The molecule has 7 nitrogen and oxygen atoms in total. The van der Waals surface area contributed by atoms with E-state index in [0.29, 0.717) is 41.2 Å². The first kappa shape index (κ1) is 19.9. The molecule has 0 aromatic carbocycles. The Balaban J connectivity index is 1.56. The van der Waals surface area contributed by atoms with Crippen molar-refractivity contribution in [2.45, 2.75) is 25.7 Å². The molecule has 2 fully saturated rings. The maximum Gasteiger partial charge on any atom is 0.303 e. The number of carboxylic acid groups (broad SMARTS) is 1. The second-order valence-electron chi connectivity index (χ2n) is 6.31. The third kappa shape index (κ3) is 5.33. The number of carbonyl (C=O) groups excluding carboxylic acids is 1. The Bertz CT molecular complexity index is 740. The SMILES string of the molecule is O=C(O)CCCCCN1C(=O)/C(=C/c2ccc(N3CCOCC3)o2)SC1=S. The van der Waals surface area contributed by atoms with Gasteiger partial charge in [-0.3, -0.25) is 14.5 Å². The van der Waals surface area contributed by atoms with E-state index in [4.69, 9.17) is 26.5 Å². The molecular weight excluding hydrogens is 388 g/mol. The van der Waals surface area contributed by atoms with Gasteiger partial charge in [0.15, 0.2) is 5.88 Å². The number of thiocarbonyl (C=S) groups is 1. The maximum absolute atomic E-state index is 12.6. The normalized spacial score (nSPS) is 19.3. The number of carbonyl (C=O) groups is 2. The summed E-state index contributed by atoms with van der Waals surface area (Å²) in [7, 11) is 0. The van der Waals surface area contributed by atoms with Crippen LogP contribution in [0, 0.1) is 0 Å². The topological polar surface area (TPSA) is 83.2 Å². The standard InChI is InChI=1S/C18H22N2O5S2/c21-16(22)4-2-1-3-7-20-17(23)14(27-18(20)26)12-13-5-6-15(25-13)19-8-10-24-11-9-19/h5-6,12H,1-4,7-11H2,(H,21,22)/b14-12-. The number of hydrogen-bond donors (Lipinski definition) is 1. The highest BCUT2D eigenvalue weighted by atomic mass is 32.2. The van der Waals surface area contributed by atoms with Crippen LogP contribution in [-0.4, -0.2) is 59.1 Å². The Kier molecular flexibility index (Phi) is 6.92. The molecular formula is C18H22N2O5S2. The Morgan fingerprint density at radius 1 is 1.26 bits per heavy atom. The molecule has 0 spiro atoms. The highest BCUT2D eigenvalue weighted by Gasteiger charge is 2.31. The summed E-state index contributed by atoms with van der Waals surface area (Å²) < 4.78 is 11.7. The smallest absolute Gasteiger partial charge is 0.303 e. The van der Waals surface area contributed by atoms with Crippen LogP contribution in [-0.2, 0) is 14.3 Å². The van der Waals surface area contributed by atoms with Crippen LogP contribution in [0.3, 0.4) is 0 Å². The zero-order chi connectivity index (χ0) is 19.2. The Morgan fingerprint density at radius 2 is 2.04 bits per heavy atom. The van der Waals surface area contributed by atoms with E-state index in [1.165, 1.54) is 11.8 Å². The summed E-state index contributed by atoms with van der Waals surface area (Å²) >= 11 is 6.59. The van der Waals surface area contributed by atoms with Crippen molar-refractivity contribution in [1.29, 1.82) is 0 Å². The first-order valence-electron chi connectivity index (χ1n) is 8.94. The number of amides is 1. The number of unbranched alkanes of at least 4 members (excludes halogenated alkanes) is 2. The lowest BCUT2D eigenvalue weighted by Gasteiger charge is -2.26. The van der Waals surface area contributed by atoms with E-state index in [1.54, 1.807) is 11.0 Å². The van der Waals surface area contributed by atoms with Gasteiger partial charge in [0.25, 0.3) is 5.91 Å². The Labute approximate surface area is 167 Å². The van der Waals surface area contributed by atoms with E-state index in [0.717, 1.165) is 31.8 Å². The number of rotatable bonds is 8. The molecule has 0 radical (unpaired) electrons. The third-order valence-electron chi connectivity index (χ3n) is 4.35. The molecule has 146 valence electrons. The molecule has 0 aliphatic carbocycles. The second-order valence-corrected chi connectivity index (χ2v) is 7.99. The largest absolute Gasteiger partial charge is 0.481 e. The van der Waals surface area contributed by atoms with Gasteiger partial charge in [0.2, 0.25) is 0 Å². The average molecular weight is 411 g/mol. The van der Waals surface area contributed by atoms with Gasteiger partial charge in [-0.15, -0.1) is 0 Å². The van der Waals surface area contributed by atoms with Crippen molar-refractivity contribution in [2.75, 3.05) is 37.7 Å². The summed E-state index contributed by atoms with van der Waals surface area (Å²) in [6, 6.07) is 3.75. The monoisotopic (exact) mass is 410 g/mol.